The summed E-state index contributed by atoms with van der Waals surface area (Å²) in [5.41, 5.74) is 0. The molecule has 8 aliphatic rings. The molecule has 0 aromatic rings. The van der Waals surface area contributed by atoms with Gasteiger partial charge < -0.3 is 256 Å². The van der Waals surface area contributed by atoms with Crippen molar-refractivity contribution in [2.24, 2.45) is 0 Å². The Bertz CT molecular complexity index is 3760. The van der Waals surface area contributed by atoms with Gasteiger partial charge in [-0.25, -0.2) is 19.2 Å². The van der Waals surface area contributed by atoms with Crippen LogP contribution in [0.25, 0.3) is 0 Å². The molecule has 748 valence electrons. The van der Waals surface area contributed by atoms with E-state index in [-0.39, 0.29) is 0 Å². The molecule has 0 radical (unpaired) electrons. The summed E-state index contributed by atoms with van der Waals surface area (Å²) in [6.45, 7) is -12.4. The fourth-order valence-electron chi connectivity index (χ4n) is 16.2. The van der Waals surface area contributed by atoms with Crippen molar-refractivity contribution in [3.05, 3.63) is 0 Å². The number of nitrogens with one attached hydrogen (secondary N) is 5. The Labute approximate surface area is 730 Å². The standard InChI is InChI=1S/C70H113N5O55/c1-18(85)71-35-22(89)5-68(64(110)111,126-53(35)40(97)25(92)8-76)124-29(12-80)44(101)56-38(75-34(96)16-84)24(91)7-70(128-56,66(114)115)130-58-49(106)62(121-50-30(13-81)117-59(107)47(104)46(50)103)119-31(14-82)51(58)122-60-39(73-20(3)87)52(45(102)32(120-60)17-116-67(63(108)109)4-21(88)37(74-33(95)15-83)55(125-67)42(99)27(94)10-78)123-61-48(105)57(43(100)28(11-79)118-61)129-69(65(112)113)6-23(90)36(72-19(2)86)54(127-69)41(98)26(93)9-77/h21-32,35-62,76-84,88-94,97-107H,4-17H2,1-3H3,(H,71,85)(H,72,86)(H,73,87)(H,74,95)(H,75,96)(H,108,109)(H,110,111)(H,112,113)(H,114,115)/t21-,22-,23-,24-,25+,26+,27+,28+,29+,30+,31+,32+,35+,36+,37+,38+,39+,40+,41+,42+,43-,44+,45-,46+,47+,48+,49+,50+,51-,52+,53+,54+,55+,56+,57-,58+,59+,60-,61-,62-,67+,68+,69-,70-/m0/s1. The van der Waals surface area contributed by atoms with Gasteiger partial charge in [-0.1, -0.05) is 0 Å². The van der Waals surface area contributed by atoms with Crippen molar-refractivity contribution >= 4 is 53.4 Å². The summed E-state index contributed by atoms with van der Waals surface area (Å²) < 4.78 is 88.2. The largest absolute Gasteiger partial charge is 0.477 e. The number of amides is 5. The monoisotopic (exact) mass is 1900 g/mol. The predicted octanol–water partition coefficient (Wildman–Crippen LogP) is -23.0. The maximum Gasteiger partial charge on any atom is 0.364 e. The zero-order valence-corrected chi connectivity index (χ0v) is 68.7. The first-order chi connectivity index (χ1) is 60.9. The molecule has 0 unspecified atom stereocenters. The van der Waals surface area contributed by atoms with E-state index in [1.807, 2.05) is 10.6 Å². The van der Waals surface area contributed by atoms with Crippen LogP contribution in [0.2, 0.25) is 0 Å². The van der Waals surface area contributed by atoms with Gasteiger partial charge in [-0.05, 0) is 0 Å². The van der Waals surface area contributed by atoms with Gasteiger partial charge in [-0.2, -0.15) is 0 Å². The molecular weight excluding hydrogens is 1790 g/mol. The van der Waals surface area contributed by atoms with Gasteiger partial charge in [0.15, 0.2) is 25.2 Å². The highest BCUT2D eigenvalue weighted by atomic mass is 16.8. The third-order valence-corrected chi connectivity index (χ3v) is 22.8. The Balaban J connectivity index is 1.31. The molecule has 8 rings (SSSR count). The summed E-state index contributed by atoms with van der Waals surface area (Å²) in [5.74, 6) is -30.4. The molecule has 0 saturated carbocycles. The Morgan fingerprint density at radius 3 is 1.09 bits per heavy atom. The smallest absolute Gasteiger partial charge is 0.364 e. The molecule has 0 aromatic carbocycles. The summed E-state index contributed by atoms with van der Waals surface area (Å²) in [6.07, 6.45) is -96.0. The first kappa shape index (κ1) is 109. The van der Waals surface area contributed by atoms with E-state index in [0.717, 1.165) is 13.8 Å². The van der Waals surface area contributed by atoms with Crippen molar-refractivity contribution in [3.8, 4) is 0 Å². The van der Waals surface area contributed by atoms with Crippen LogP contribution in [0.4, 0.5) is 0 Å². The molecule has 8 fully saturated rings. The molecule has 8 saturated heterocycles. The van der Waals surface area contributed by atoms with Crippen molar-refractivity contribution in [1.29, 1.82) is 0 Å². The molecule has 44 atom stereocenters. The lowest BCUT2D eigenvalue weighted by Gasteiger charge is -2.53. The minimum absolute atomic E-state index is 0.680. The van der Waals surface area contributed by atoms with Gasteiger partial charge in [0.1, 0.15) is 184 Å². The van der Waals surface area contributed by atoms with Crippen molar-refractivity contribution in [1.82, 2.24) is 26.6 Å². The molecular formula is C70H113N5O55. The highest BCUT2D eigenvalue weighted by molar-refractivity contribution is 5.80. The average Bonchev–Trinajstić information content (AvgIpc) is 0.754. The van der Waals surface area contributed by atoms with Gasteiger partial charge in [-0.3, -0.25) is 24.0 Å². The number of carbonyl (C=O) groups excluding carboxylic acids is 5. The van der Waals surface area contributed by atoms with Crippen LogP contribution >= 0.6 is 0 Å². The average molecular weight is 1900 g/mol. The van der Waals surface area contributed by atoms with E-state index in [1.165, 1.54) is 0 Å². The molecule has 0 bridgehead atoms. The Hall–Kier alpha value is -6.45. The lowest BCUT2D eigenvalue weighted by atomic mass is 9.87. The van der Waals surface area contributed by atoms with Crippen LogP contribution < -0.4 is 26.6 Å². The van der Waals surface area contributed by atoms with E-state index in [1.54, 1.807) is 0 Å². The number of hydrogen-bond donors (Lipinski definition) is 36. The van der Waals surface area contributed by atoms with E-state index >= 15 is 0 Å². The van der Waals surface area contributed by atoms with Crippen LogP contribution in [0.3, 0.4) is 0 Å². The first-order valence-electron chi connectivity index (χ1n) is 40.0. The summed E-state index contributed by atoms with van der Waals surface area (Å²) >= 11 is 0. The predicted molar refractivity (Wildman–Crippen MR) is 394 cm³/mol. The zero-order chi connectivity index (χ0) is 97.3. The fraction of sp³-hybridized carbons (Fsp3) is 0.871. The SMILES string of the molecule is CC(=O)N[C@H]1[C@H](O[C@@H]2[C@H](O[C@]3(C(=O)O)C[C@H](O)[C@@H](NC(=O)CO)[C@H]([C@H](O)[C@@H](CO)O[C@]4(C(=O)O)C[C@H](O)[C@@H](NC(C)=O)[C@H]([C@H](O)[C@H](O)CO)O4)O3)[C@@H](O)[C@H](O[C@H]3[C@H](O)[C@@H](O)[C@H](O)O[C@@H]3CO)O[C@@H]2CO)O[C@H](CO[C@]2(C(=O)O)C[C@H](O)[C@@H](NC(=O)CO)[C@H]([C@H](O)[C@H](O)CO)O2)[C@H](O)[C@@H]1O[C@@H]1O[C@H](CO)[C@H](O)[C@H](O[C@]2(C(=O)O)C[C@H](O)[C@@H](NC(C)=O)[C@H]([C@H](O)[C@H](O)CO)O2)[C@H]1O. The van der Waals surface area contributed by atoms with E-state index < -0.39 is 413 Å². The molecule has 8 heterocycles. The number of aliphatic hydroxyl groups excluding tert-OH is 27. The van der Waals surface area contributed by atoms with E-state index in [9.17, 15) is 201 Å². The van der Waals surface area contributed by atoms with Crippen LogP contribution in [0.5, 0.6) is 0 Å². The zero-order valence-electron chi connectivity index (χ0n) is 68.7. The molecule has 0 spiro atoms. The summed E-state index contributed by atoms with van der Waals surface area (Å²) in [4.78, 5) is 120. The van der Waals surface area contributed by atoms with Gasteiger partial charge in [0.05, 0.1) is 101 Å². The third-order valence-electron chi connectivity index (χ3n) is 22.8. The number of aliphatic hydroxyl groups is 27. The maximum absolute atomic E-state index is 14.5. The second-order valence-corrected chi connectivity index (χ2v) is 31.8. The Morgan fingerprint density at radius 1 is 0.346 bits per heavy atom. The number of carboxylic acids is 4. The Morgan fingerprint density at radius 2 is 0.685 bits per heavy atom. The first-order valence-corrected chi connectivity index (χ1v) is 40.0. The second-order valence-electron chi connectivity index (χ2n) is 31.8. The van der Waals surface area contributed by atoms with E-state index in [0.29, 0.717) is 6.92 Å². The topological polar surface area (TPSA) is 979 Å². The molecule has 0 aliphatic carbocycles. The van der Waals surface area contributed by atoms with Crippen molar-refractivity contribution in [2.75, 3.05) is 66.1 Å². The van der Waals surface area contributed by atoms with Gasteiger partial charge in [-0.15, -0.1) is 0 Å². The number of carbonyl (C=O) groups is 9. The normalized spacial score (nSPS) is 42.0. The van der Waals surface area contributed by atoms with Gasteiger partial charge in [0, 0.05) is 46.5 Å². The van der Waals surface area contributed by atoms with Gasteiger partial charge in [0.25, 0.3) is 23.1 Å². The minimum atomic E-state index is -4.00. The summed E-state index contributed by atoms with van der Waals surface area (Å²) in [7, 11) is 0. The van der Waals surface area contributed by atoms with Crippen molar-refractivity contribution in [3.63, 3.8) is 0 Å². The lowest BCUT2D eigenvalue weighted by molar-refractivity contribution is -0.406. The maximum atomic E-state index is 14.5. The summed E-state index contributed by atoms with van der Waals surface area (Å²) in [5, 5.41) is 356. The quantitative estimate of drug-likeness (QED) is 0.0270. The second kappa shape index (κ2) is 45.9. The highest BCUT2D eigenvalue weighted by Crippen LogP contribution is 2.45. The van der Waals surface area contributed by atoms with Crippen molar-refractivity contribution < 1.29 is 273 Å². The van der Waals surface area contributed by atoms with Crippen LogP contribution in [0, 0.1) is 0 Å². The van der Waals surface area contributed by atoms with Crippen LogP contribution in [0.1, 0.15) is 46.5 Å². The molecule has 60 nitrogen and oxygen atoms in total. The van der Waals surface area contributed by atoms with Gasteiger partial charge in [0.2, 0.25) is 29.5 Å². The van der Waals surface area contributed by atoms with E-state index in [2.05, 4.69) is 16.0 Å². The molecule has 60 heteroatoms. The minimum Gasteiger partial charge on any atom is -0.477 e. The number of carboxylic acid groups (broad SMARTS) is 4. The Kier molecular flexibility index (Phi) is 38.5. The van der Waals surface area contributed by atoms with Crippen molar-refractivity contribution in [2.45, 2.75) is 314 Å². The molecule has 130 heavy (non-hydrogen) atoms. The fourth-order valence-corrected chi connectivity index (χ4v) is 16.2. The number of ether oxygens (including phenoxy) is 15. The number of hydrogen-bond acceptors (Lipinski definition) is 51. The molecule has 5 amide bonds. The molecule has 8 aliphatic heterocycles. The lowest BCUT2D eigenvalue weighted by Crippen LogP contribution is -2.73. The molecule has 36 N–H and O–H groups in total. The van der Waals surface area contributed by atoms with Crippen LogP contribution in [-0.2, 0) is 114 Å². The number of aliphatic carboxylic acids is 4. The van der Waals surface area contributed by atoms with E-state index in [4.69, 9.17) is 71.1 Å². The van der Waals surface area contributed by atoms with Crippen LogP contribution in [0.15, 0.2) is 0 Å². The summed E-state index contributed by atoms with van der Waals surface area (Å²) in [6, 6.07) is -10.9. The number of rotatable bonds is 41. The third kappa shape index (κ3) is 23.8. The highest BCUT2D eigenvalue weighted by Gasteiger charge is 2.67. The molecule has 0 aromatic heterocycles. The van der Waals surface area contributed by atoms with Crippen LogP contribution in [-0.4, -0.2) is 546 Å². The van der Waals surface area contributed by atoms with Gasteiger partial charge >= 0.3 is 23.9 Å².